The Morgan fingerprint density at radius 1 is 1.18 bits per heavy atom. The molecule has 3 rings (SSSR count). The highest BCUT2D eigenvalue weighted by Crippen LogP contribution is 2.27. The summed E-state index contributed by atoms with van der Waals surface area (Å²) in [7, 11) is 0. The quantitative estimate of drug-likeness (QED) is 0.161. The largest absolute Gasteiger partial charge is 0.492 e. The molecule has 7 nitrogen and oxygen atoms in total. The smallest absolute Gasteiger partial charge is 0.273 e. The number of ether oxygens (including phenoxy) is 1. The Labute approximate surface area is 175 Å². The first-order valence-corrected chi connectivity index (χ1v) is 9.80. The van der Waals surface area contributed by atoms with Crippen LogP contribution in [0.3, 0.4) is 0 Å². The fraction of sp³-hybridized carbons (Fsp3) is 0.111. The van der Waals surface area contributed by atoms with Gasteiger partial charge in [0.25, 0.3) is 5.69 Å². The van der Waals surface area contributed by atoms with E-state index < -0.39 is 4.92 Å². The van der Waals surface area contributed by atoms with Crippen molar-refractivity contribution in [3.8, 4) is 5.75 Å². The van der Waals surface area contributed by atoms with Gasteiger partial charge < -0.3 is 10.1 Å². The Morgan fingerprint density at radius 3 is 2.82 bits per heavy atom. The number of benzene rings is 2. The van der Waals surface area contributed by atoms with Crippen LogP contribution in [0.2, 0.25) is 10.3 Å². The van der Waals surface area contributed by atoms with E-state index in [1.54, 1.807) is 23.9 Å². The maximum atomic E-state index is 10.8. The van der Waals surface area contributed by atoms with Crippen LogP contribution in [0.15, 0.2) is 59.6 Å². The molecule has 0 atom stereocenters. The lowest BCUT2D eigenvalue weighted by atomic mass is 10.3. The van der Waals surface area contributed by atoms with E-state index in [0.29, 0.717) is 28.9 Å². The number of nitrogens with one attached hydrogen (secondary N) is 1. The van der Waals surface area contributed by atoms with Crippen molar-refractivity contribution < 1.29 is 9.66 Å². The van der Waals surface area contributed by atoms with Crippen molar-refractivity contribution in [1.29, 1.82) is 0 Å². The van der Waals surface area contributed by atoms with Gasteiger partial charge >= 0.3 is 0 Å². The van der Waals surface area contributed by atoms with Crippen LogP contribution in [0.25, 0.3) is 0 Å². The average molecular weight is 437 g/mol. The number of nitrogens with zero attached hydrogens (tertiary/aromatic N) is 3. The molecule has 0 unspecified atom stereocenters. The van der Waals surface area contributed by atoms with Gasteiger partial charge in [-0.2, -0.15) is 4.98 Å². The zero-order valence-electron chi connectivity index (χ0n) is 14.3. The Bertz CT molecular complexity index is 991. The van der Waals surface area contributed by atoms with E-state index in [-0.39, 0.29) is 11.0 Å². The number of rotatable bonds is 8. The third kappa shape index (κ3) is 5.72. The van der Waals surface area contributed by atoms with E-state index in [0.717, 1.165) is 10.6 Å². The zero-order valence-corrected chi connectivity index (χ0v) is 16.7. The van der Waals surface area contributed by atoms with Crippen LogP contribution in [0.5, 0.6) is 5.75 Å². The molecule has 3 aromatic rings. The number of anilines is 2. The second kappa shape index (κ2) is 9.59. The van der Waals surface area contributed by atoms with Crippen molar-refractivity contribution in [2.24, 2.45) is 0 Å². The van der Waals surface area contributed by atoms with E-state index in [2.05, 4.69) is 15.3 Å². The molecule has 28 heavy (non-hydrogen) atoms. The predicted octanol–water partition coefficient (Wildman–Crippen LogP) is 5.61. The van der Waals surface area contributed by atoms with Crippen molar-refractivity contribution in [1.82, 2.24) is 9.97 Å². The van der Waals surface area contributed by atoms with Gasteiger partial charge in [0.15, 0.2) is 5.82 Å². The average Bonchev–Trinajstić information content (AvgIpc) is 2.69. The molecule has 1 heterocycles. The first kappa shape index (κ1) is 20.2. The second-order valence-electron chi connectivity index (χ2n) is 5.44. The molecule has 0 saturated carbocycles. The fourth-order valence-electron chi connectivity index (χ4n) is 2.24. The summed E-state index contributed by atoms with van der Waals surface area (Å²) in [5.74, 6) is 1.57. The SMILES string of the molecule is O=[N+]([O-])c1cccc(OCCSc2cccc(Nc3nc(Cl)ncc3Cl)c2)c1. The van der Waals surface area contributed by atoms with Gasteiger partial charge in [0.1, 0.15) is 10.8 Å². The molecular formula is C18H14Cl2N4O3S. The normalized spacial score (nSPS) is 10.5. The van der Waals surface area contributed by atoms with Crippen LogP contribution >= 0.6 is 35.0 Å². The summed E-state index contributed by atoms with van der Waals surface area (Å²) in [6.45, 7) is 0.414. The van der Waals surface area contributed by atoms with Gasteiger partial charge in [0.2, 0.25) is 5.28 Å². The van der Waals surface area contributed by atoms with E-state index in [1.165, 1.54) is 18.3 Å². The Morgan fingerprint density at radius 2 is 2.00 bits per heavy atom. The fourth-order valence-corrected chi connectivity index (χ4v) is 3.30. The van der Waals surface area contributed by atoms with Gasteiger partial charge in [-0.05, 0) is 35.9 Å². The first-order chi connectivity index (χ1) is 13.5. The summed E-state index contributed by atoms with van der Waals surface area (Å²) in [5.41, 5.74) is 0.814. The van der Waals surface area contributed by atoms with Crippen LogP contribution in [0, 0.1) is 10.1 Å². The van der Waals surface area contributed by atoms with Crippen molar-refractivity contribution in [2.45, 2.75) is 4.90 Å². The molecule has 0 aliphatic heterocycles. The highest BCUT2D eigenvalue weighted by Gasteiger charge is 2.07. The third-order valence-electron chi connectivity index (χ3n) is 3.46. The Balaban J connectivity index is 1.54. The highest BCUT2D eigenvalue weighted by atomic mass is 35.5. The van der Waals surface area contributed by atoms with Gasteiger partial charge in [0.05, 0.1) is 23.8 Å². The van der Waals surface area contributed by atoms with Crippen LogP contribution < -0.4 is 10.1 Å². The maximum absolute atomic E-state index is 10.8. The van der Waals surface area contributed by atoms with E-state index in [9.17, 15) is 10.1 Å². The number of nitro benzene ring substituents is 1. The third-order valence-corrected chi connectivity index (χ3v) is 4.88. The molecule has 1 aromatic heterocycles. The Hall–Kier alpha value is -2.55. The number of aromatic nitrogens is 2. The summed E-state index contributed by atoms with van der Waals surface area (Å²) in [4.78, 5) is 19.2. The minimum absolute atomic E-state index is 0.00687. The number of non-ortho nitro benzene ring substituents is 1. The van der Waals surface area contributed by atoms with Crippen molar-refractivity contribution in [2.75, 3.05) is 17.7 Å². The molecular weight excluding hydrogens is 423 g/mol. The van der Waals surface area contributed by atoms with E-state index in [1.807, 2.05) is 24.3 Å². The van der Waals surface area contributed by atoms with Crippen molar-refractivity contribution >= 4 is 52.2 Å². The van der Waals surface area contributed by atoms with E-state index in [4.69, 9.17) is 27.9 Å². The number of hydrogen-bond donors (Lipinski definition) is 1. The molecule has 0 aliphatic rings. The molecule has 0 fully saturated rings. The van der Waals surface area contributed by atoms with Crippen LogP contribution in [-0.2, 0) is 0 Å². The monoisotopic (exact) mass is 436 g/mol. The molecule has 0 amide bonds. The molecule has 10 heteroatoms. The van der Waals surface area contributed by atoms with Gasteiger partial charge in [-0.1, -0.05) is 23.7 Å². The van der Waals surface area contributed by atoms with Gasteiger partial charge in [-0.25, -0.2) is 4.98 Å². The first-order valence-electron chi connectivity index (χ1n) is 8.06. The predicted molar refractivity (Wildman–Crippen MR) is 111 cm³/mol. The molecule has 0 aliphatic carbocycles. The molecule has 1 N–H and O–H groups in total. The summed E-state index contributed by atoms with van der Waals surface area (Å²) >= 11 is 13.5. The van der Waals surface area contributed by atoms with Crippen molar-refractivity contribution in [3.05, 3.63) is 75.1 Å². The van der Waals surface area contributed by atoms with E-state index >= 15 is 0 Å². The maximum Gasteiger partial charge on any atom is 0.273 e. The lowest BCUT2D eigenvalue weighted by Gasteiger charge is -2.09. The molecule has 0 bridgehead atoms. The minimum Gasteiger partial charge on any atom is -0.492 e. The number of thioether (sulfide) groups is 1. The van der Waals surface area contributed by atoms with Gasteiger partial charge in [0, 0.05) is 22.4 Å². The molecule has 2 aromatic carbocycles. The molecule has 0 spiro atoms. The topological polar surface area (TPSA) is 90.2 Å². The molecule has 144 valence electrons. The van der Waals surface area contributed by atoms with Crippen molar-refractivity contribution in [3.63, 3.8) is 0 Å². The summed E-state index contributed by atoms with van der Waals surface area (Å²) in [5, 5.41) is 14.4. The summed E-state index contributed by atoms with van der Waals surface area (Å²) in [6, 6.07) is 13.8. The Kier molecular flexibility index (Phi) is 6.91. The van der Waals surface area contributed by atoms with Crippen LogP contribution in [-0.4, -0.2) is 27.3 Å². The molecule has 0 saturated heterocycles. The summed E-state index contributed by atoms with van der Waals surface area (Å²) < 4.78 is 5.58. The van der Waals surface area contributed by atoms with Gasteiger partial charge in [-0.15, -0.1) is 11.8 Å². The number of nitro groups is 1. The minimum atomic E-state index is -0.447. The lowest BCUT2D eigenvalue weighted by Crippen LogP contribution is -2.00. The summed E-state index contributed by atoms with van der Waals surface area (Å²) in [6.07, 6.45) is 1.43. The second-order valence-corrected chi connectivity index (χ2v) is 7.35. The number of hydrogen-bond acceptors (Lipinski definition) is 7. The number of halogens is 2. The zero-order chi connectivity index (χ0) is 19.9. The standard InChI is InChI=1S/C18H14Cl2N4O3S/c19-16-11-21-18(20)23-17(16)22-12-3-1-6-15(9-12)28-8-7-27-14-5-2-4-13(10-14)24(25)26/h1-6,9-11H,7-8H2,(H,21,22,23). The lowest BCUT2D eigenvalue weighted by molar-refractivity contribution is -0.384. The molecule has 0 radical (unpaired) electrons. The van der Waals surface area contributed by atoms with Crippen LogP contribution in [0.1, 0.15) is 0 Å². The van der Waals surface area contributed by atoms with Gasteiger partial charge in [-0.3, -0.25) is 10.1 Å². The highest BCUT2D eigenvalue weighted by molar-refractivity contribution is 7.99. The van der Waals surface area contributed by atoms with Crippen LogP contribution in [0.4, 0.5) is 17.2 Å².